The lowest BCUT2D eigenvalue weighted by atomic mass is 9.44. The molecule has 0 spiro atoms. The van der Waals surface area contributed by atoms with Crippen LogP contribution in [0.15, 0.2) is 54.3 Å². The second-order valence-corrected chi connectivity index (χ2v) is 12.0. The van der Waals surface area contributed by atoms with Crippen molar-refractivity contribution in [3.05, 3.63) is 59.9 Å². The fraction of sp³-hybridized carbons (Fsp3) is 0.667. The molecular formula is C30H40O. The summed E-state index contributed by atoms with van der Waals surface area (Å²) in [6.45, 7) is 2.38. The summed E-state index contributed by atoms with van der Waals surface area (Å²) in [6, 6.07) is 11.6. The second kappa shape index (κ2) is 8.13. The van der Waals surface area contributed by atoms with Gasteiger partial charge in [-0.3, -0.25) is 0 Å². The van der Waals surface area contributed by atoms with Crippen molar-refractivity contribution in [1.82, 2.24) is 0 Å². The van der Waals surface area contributed by atoms with Crippen LogP contribution < -0.4 is 0 Å². The van der Waals surface area contributed by atoms with Crippen LogP contribution in [0.4, 0.5) is 0 Å². The highest BCUT2D eigenvalue weighted by Gasteiger charge is 2.55. The molecule has 1 nitrogen and oxygen atoms in total. The first-order valence-electron chi connectivity index (χ1n) is 13.3. The first kappa shape index (κ1) is 20.1. The third-order valence-corrected chi connectivity index (χ3v) is 9.70. The van der Waals surface area contributed by atoms with E-state index in [1.165, 1.54) is 64.2 Å². The first-order chi connectivity index (χ1) is 15.2. The van der Waals surface area contributed by atoms with Crippen molar-refractivity contribution in [1.29, 1.82) is 0 Å². The van der Waals surface area contributed by atoms with E-state index in [-0.39, 0.29) is 0 Å². The summed E-state index contributed by atoms with van der Waals surface area (Å²) < 4.78 is 6.44. The normalized spacial score (nSPS) is 42.3. The van der Waals surface area contributed by atoms with E-state index in [1.54, 1.807) is 5.56 Å². The minimum Gasteiger partial charge on any atom is -0.491 e. The Labute approximate surface area is 189 Å². The standard InChI is InChI=1S/C30H40O/c1-21-7-11-27(12-8-21)31-28-13-9-26(10-14-28)29(25-5-3-2-4-6-25)30-18-22-15-23(19-30)17-24(16-22)20-30/h2-6,9,13-14,21-24,26-27,29H,7-8,10-12,15-20H2,1H3. The Morgan fingerprint density at radius 3 is 2.10 bits per heavy atom. The van der Waals surface area contributed by atoms with Gasteiger partial charge in [0.1, 0.15) is 5.76 Å². The molecule has 31 heavy (non-hydrogen) atoms. The van der Waals surface area contributed by atoms with Crippen LogP contribution in [0.5, 0.6) is 0 Å². The molecule has 0 radical (unpaired) electrons. The molecule has 0 aromatic heterocycles. The average Bonchev–Trinajstić information content (AvgIpc) is 2.76. The van der Waals surface area contributed by atoms with Crippen LogP contribution in [0.2, 0.25) is 0 Å². The van der Waals surface area contributed by atoms with E-state index in [1.807, 2.05) is 0 Å². The first-order valence-corrected chi connectivity index (χ1v) is 13.3. The maximum atomic E-state index is 6.44. The summed E-state index contributed by atoms with van der Waals surface area (Å²) in [4.78, 5) is 0. The molecule has 5 saturated carbocycles. The van der Waals surface area contributed by atoms with Gasteiger partial charge in [-0.1, -0.05) is 43.3 Å². The Bertz CT molecular complexity index is 790. The lowest BCUT2D eigenvalue weighted by molar-refractivity contribution is -0.0759. The number of allylic oxidation sites excluding steroid dienone is 3. The SMILES string of the molecule is CC1CCC(OC2=CCC(C(c3ccccc3)C34CC5CC(CC(C5)C3)C4)C=C2)CC1. The smallest absolute Gasteiger partial charge is 0.115 e. The third-order valence-electron chi connectivity index (χ3n) is 9.70. The lowest BCUT2D eigenvalue weighted by Crippen LogP contribution is -2.50. The van der Waals surface area contributed by atoms with Gasteiger partial charge in [-0.25, -0.2) is 0 Å². The van der Waals surface area contributed by atoms with Crippen LogP contribution in [0.3, 0.4) is 0 Å². The molecule has 1 aromatic rings. The van der Waals surface area contributed by atoms with Gasteiger partial charge in [0.2, 0.25) is 0 Å². The Morgan fingerprint density at radius 1 is 0.871 bits per heavy atom. The predicted octanol–water partition coefficient (Wildman–Crippen LogP) is 8.04. The number of rotatable bonds is 5. The molecule has 2 atom stereocenters. The fourth-order valence-electron chi connectivity index (χ4n) is 8.77. The molecule has 6 aliphatic carbocycles. The van der Waals surface area contributed by atoms with E-state index in [4.69, 9.17) is 4.74 Å². The van der Waals surface area contributed by atoms with Gasteiger partial charge < -0.3 is 4.74 Å². The van der Waals surface area contributed by atoms with Crippen LogP contribution in [0, 0.1) is 35.0 Å². The monoisotopic (exact) mass is 416 g/mol. The van der Waals surface area contributed by atoms with Crippen molar-refractivity contribution in [3.63, 3.8) is 0 Å². The van der Waals surface area contributed by atoms with Gasteiger partial charge in [0.25, 0.3) is 0 Å². The van der Waals surface area contributed by atoms with E-state index in [2.05, 4.69) is 55.5 Å². The molecule has 6 aliphatic rings. The summed E-state index contributed by atoms with van der Waals surface area (Å²) in [5.74, 6) is 6.35. The molecule has 7 rings (SSSR count). The number of hydrogen-bond donors (Lipinski definition) is 0. The van der Waals surface area contributed by atoms with Crippen LogP contribution >= 0.6 is 0 Å². The Hall–Kier alpha value is -1.50. The maximum Gasteiger partial charge on any atom is 0.115 e. The van der Waals surface area contributed by atoms with Crippen molar-refractivity contribution in [3.8, 4) is 0 Å². The maximum absolute atomic E-state index is 6.44. The Balaban J connectivity index is 1.22. The molecule has 0 N–H and O–H groups in total. The Kier molecular flexibility index (Phi) is 5.28. The number of benzene rings is 1. The molecule has 0 heterocycles. The summed E-state index contributed by atoms with van der Waals surface area (Å²) in [6.07, 6.45) is 23.0. The highest BCUT2D eigenvalue weighted by molar-refractivity contribution is 5.30. The molecule has 2 unspecified atom stereocenters. The third kappa shape index (κ3) is 3.91. The van der Waals surface area contributed by atoms with Gasteiger partial charge in [-0.15, -0.1) is 0 Å². The van der Waals surface area contributed by atoms with Crippen LogP contribution in [-0.4, -0.2) is 6.10 Å². The van der Waals surface area contributed by atoms with E-state index in [9.17, 15) is 0 Å². The topological polar surface area (TPSA) is 9.23 Å². The molecular weight excluding hydrogens is 376 g/mol. The molecule has 0 saturated heterocycles. The molecule has 1 heteroatoms. The molecule has 5 fully saturated rings. The highest BCUT2D eigenvalue weighted by atomic mass is 16.5. The molecule has 0 aliphatic heterocycles. The fourth-order valence-corrected chi connectivity index (χ4v) is 8.77. The minimum absolute atomic E-state index is 0.441. The van der Waals surface area contributed by atoms with Gasteiger partial charge in [-0.05, 0) is 129 Å². The molecule has 1 aromatic carbocycles. The van der Waals surface area contributed by atoms with Crippen molar-refractivity contribution < 1.29 is 4.74 Å². The zero-order valence-corrected chi connectivity index (χ0v) is 19.3. The summed E-state index contributed by atoms with van der Waals surface area (Å²) in [5.41, 5.74) is 2.13. The predicted molar refractivity (Wildman–Crippen MR) is 128 cm³/mol. The van der Waals surface area contributed by atoms with Gasteiger partial charge in [0.05, 0.1) is 6.10 Å². The molecule has 166 valence electrons. The van der Waals surface area contributed by atoms with Crippen LogP contribution in [-0.2, 0) is 4.74 Å². The van der Waals surface area contributed by atoms with Gasteiger partial charge in [-0.2, -0.15) is 0 Å². The quantitative estimate of drug-likeness (QED) is 0.472. The van der Waals surface area contributed by atoms with Crippen molar-refractivity contribution in [2.24, 2.45) is 35.0 Å². The zero-order chi connectivity index (χ0) is 20.8. The van der Waals surface area contributed by atoms with Gasteiger partial charge in [0, 0.05) is 0 Å². The average molecular weight is 417 g/mol. The van der Waals surface area contributed by atoms with Crippen molar-refractivity contribution in [2.75, 3.05) is 0 Å². The lowest BCUT2D eigenvalue weighted by Gasteiger charge is -2.60. The highest BCUT2D eigenvalue weighted by Crippen LogP contribution is 2.66. The number of hydrogen-bond acceptors (Lipinski definition) is 1. The minimum atomic E-state index is 0.441. The second-order valence-electron chi connectivity index (χ2n) is 12.0. The zero-order valence-electron chi connectivity index (χ0n) is 19.3. The van der Waals surface area contributed by atoms with E-state index >= 15 is 0 Å². The summed E-state index contributed by atoms with van der Waals surface area (Å²) in [7, 11) is 0. The van der Waals surface area contributed by atoms with E-state index in [0.29, 0.717) is 23.4 Å². The van der Waals surface area contributed by atoms with Crippen LogP contribution in [0.25, 0.3) is 0 Å². The van der Waals surface area contributed by atoms with Crippen molar-refractivity contribution in [2.45, 2.75) is 89.6 Å². The molecule has 4 bridgehead atoms. The number of ether oxygens (including phenoxy) is 1. The van der Waals surface area contributed by atoms with Gasteiger partial charge >= 0.3 is 0 Å². The van der Waals surface area contributed by atoms with Crippen LogP contribution in [0.1, 0.15) is 89.0 Å². The van der Waals surface area contributed by atoms with E-state index < -0.39 is 0 Å². The largest absolute Gasteiger partial charge is 0.491 e. The van der Waals surface area contributed by atoms with E-state index in [0.717, 1.165) is 35.9 Å². The Morgan fingerprint density at radius 2 is 1.52 bits per heavy atom. The summed E-state index contributed by atoms with van der Waals surface area (Å²) >= 11 is 0. The van der Waals surface area contributed by atoms with Gasteiger partial charge in [0.15, 0.2) is 0 Å². The molecule has 0 amide bonds. The van der Waals surface area contributed by atoms with Crippen molar-refractivity contribution >= 4 is 0 Å². The summed E-state index contributed by atoms with van der Waals surface area (Å²) in [5, 5.41) is 0.